The molecule has 0 aromatic rings. The van der Waals surface area contributed by atoms with Gasteiger partial charge in [0.25, 0.3) is 0 Å². The van der Waals surface area contributed by atoms with E-state index < -0.39 is 0 Å². The molecule has 1 aliphatic rings. The SMILES string of the molecule is C=C(C)CC1CCCCCC1Cl. The van der Waals surface area contributed by atoms with Gasteiger partial charge in [0.05, 0.1) is 0 Å². The van der Waals surface area contributed by atoms with Crippen molar-refractivity contribution >= 4 is 11.6 Å². The summed E-state index contributed by atoms with van der Waals surface area (Å²) in [7, 11) is 0. The zero-order valence-electron chi connectivity index (χ0n) is 7.98. The van der Waals surface area contributed by atoms with Crippen molar-refractivity contribution in [3.63, 3.8) is 0 Å². The lowest BCUT2D eigenvalue weighted by Crippen LogP contribution is -2.13. The molecule has 1 rings (SSSR count). The zero-order valence-corrected chi connectivity index (χ0v) is 8.74. The van der Waals surface area contributed by atoms with E-state index in [1.807, 2.05) is 0 Å². The van der Waals surface area contributed by atoms with E-state index in [1.54, 1.807) is 0 Å². The summed E-state index contributed by atoms with van der Waals surface area (Å²) < 4.78 is 0. The van der Waals surface area contributed by atoms with Gasteiger partial charge in [-0.2, -0.15) is 0 Å². The number of rotatable bonds is 2. The highest BCUT2D eigenvalue weighted by Crippen LogP contribution is 2.31. The van der Waals surface area contributed by atoms with Gasteiger partial charge in [-0.25, -0.2) is 0 Å². The highest BCUT2D eigenvalue weighted by molar-refractivity contribution is 6.20. The minimum Gasteiger partial charge on any atom is -0.123 e. The van der Waals surface area contributed by atoms with Crippen LogP contribution in [-0.4, -0.2) is 5.38 Å². The minimum absolute atomic E-state index is 0.407. The lowest BCUT2D eigenvalue weighted by molar-refractivity contribution is 0.464. The first kappa shape index (κ1) is 10.1. The lowest BCUT2D eigenvalue weighted by Gasteiger charge is -2.19. The minimum atomic E-state index is 0.407. The van der Waals surface area contributed by atoms with E-state index in [9.17, 15) is 0 Å². The van der Waals surface area contributed by atoms with Gasteiger partial charge >= 0.3 is 0 Å². The fraction of sp³-hybridized carbons (Fsp3) is 0.818. The van der Waals surface area contributed by atoms with Crippen LogP contribution >= 0.6 is 11.6 Å². The van der Waals surface area contributed by atoms with Crippen LogP contribution < -0.4 is 0 Å². The molecule has 1 saturated carbocycles. The van der Waals surface area contributed by atoms with E-state index in [0.29, 0.717) is 11.3 Å². The standard InChI is InChI=1S/C11H19Cl/c1-9(2)8-10-6-4-3-5-7-11(10)12/h10-11H,1,3-8H2,2H3. The molecule has 0 spiro atoms. The summed E-state index contributed by atoms with van der Waals surface area (Å²) >= 11 is 6.29. The normalized spacial score (nSPS) is 31.2. The van der Waals surface area contributed by atoms with E-state index in [-0.39, 0.29) is 0 Å². The molecule has 70 valence electrons. The molecule has 0 N–H and O–H groups in total. The van der Waals surface area contributed by atoms with Crippen LogP contribution in [0.25, 0.3) is 0 Å². The van der Waals surface area contributed by atoms with Crippen molar-refractivity contribution < 1.29 is 0 Å². The molecule has 0 aromatic heterocycles. The first-order valence-corrected chi connectivity index (χ1v) is 5.42. The predicted octanol–water partition coefficient (Wildman–Crippen LogP) is 4.14. The van der Waals surface area contributed by atoms with Gasteiger partial charge in [-0.1, -0.05) is 24.8 Å². The van der Waals surface area contributed by atoms with Gasteiger partial charge < -0.3 is 0 Å². The van der Waals surface area contributed by atoms with Crippen LogP contribution in [0, 0.1) is 5.92 Å². The zero-order chi connectivity index (χ0) is 8.97. The van der Waals surface area contributed by atoms with Crippen LogP contribution in [0.3, 0.4) is 0 Å². The molecule has 0 aromatic carbocycles. The number of hydrogen-bond acceptors (Lipinski definition) is 0. The van der Waals surface area contributed by atoms with E-state index in [4.69, 9.17) is 11.6 Å². The maximum absolute atomic E-state index is 6.29. The molecule has 0 radical (unpaired) electrons. The Morgan fingerprint density at radius 1 is 1.33 bits per heavy atom. The van der Waals surface area contributed by atoms with Crippen molar-refractivity contribution in [2.75, 3.05) is 0 Å². The van der Waals surface area contributed by atoms with Crippen LogP contribution in [0.1, 0.15) is 45.4 Å². The molecule has 2 unspecified atom stereocenters. The number of hydrogen-bond donors (Lipinski definition) is 0. The quantitative estimate of drug-likeness (QED) is 0.346. The highest BCUT2D eigenvalue weighted by atomic mass is 35.5. The monoisotopic (exact) mass is 186 g/mol. The lowest BCUT2D eigenvalue weighted by atomic mass is 9.93. The molecule has 1 aliphatic carbocycles. The molecule has 0 heterocycles. The molecule has 12 heavy (non-hydrogen) atoms. The summed E-state index contributed by atoms with van der Waals surface area (Å²) in [5.74, 6) is 0.701. The van der Waals surface area contributed by atoms with Crippen molar-refractivity contribution in [2.45, 2.75) is 50.8 Å². The Balaban J connectivity index is 2.41. The van der Waals surface area contributed by atoms with Crippen molar-refractivity contribution in [1.82, 2.24) is 0 Å². The van der Waals surface area contributed by atoms with Crippen LogP contribution in [-0.2, 0) is 0 Å². The van der Waals surface area contributed by atoms with Crippen molar-refractivity contribution in [3.05, 3.63) is 12.2 Å². The largest absolute Gasteiger partial charge is 0.123 e. The Bertz CT molecular complexity index is 151. The van der Waals surface area contributed by atoms with Gasteiger partial charge in [-0.05, 0) is 32.1 Å². The van der Waals surface area contributed by atoms with Crippen molar-refractivity contribution in [3.8, 4) is 0 Å². The van der Waals surface area contributed by atoms with Gasteiger partial charge in [0.15, 0.2) is 0 Å². The second-order valence-corrected chi connectivity index (χ2v) is 4.64. The average Bonchev–Trinajstić information content (AvgIpc) is 2.16. The first-order chi connectivity index (χ1) is 5.70. The van der Waals surface area contributed by atoms with E-state index >= 15 is 0 Å². The fourth-order valence-corrected chi connectivity index (χ4v) is 2.39. The molecule has 0 bridgehead atoms. The Labute approximate surface area is 81.0 Å². The third-order valence-electron chi connectivity index (χ3n) is 2.68. The molecular weight excluding hydrogens is 168 g/mol. The molecule has 0 saturated heterocycles. The summed E-state index contributed by atoms with van der Waals surface area (Å²) in [5, 5.41) is 0.407. The Morgan fingerprint density at radius 3 is 2.67 bits per heavy atom. The second-order valence-electron chi connectivity index (χ2n) is 4.08. The summed E-state index contributed by atoms with van der Waals surface area (Å²) in [6.07, 6.45) is 7.70. The Morgan fingerprint density at radius 2 is 2.00 bits per heavy atom. The van der Waals surface area contributed by atoms with E-state index in [1.165, 1.54) is 37.7 Å². The van der Waals surface area contributed by atoms with E-state index in [2.05, 4.69) is 13.5 Å². The van der Waals surface area contributed by atoms with Gasteiger partial charge in [-0.15, -0.1) is 18.2 Å². The second kappa shape index (κ2) is 4.91. The highest BCUT2D eigenvalue weighted by Gasteiger charge is 2.21. The van der Waals surface area contributed by atoms with Crippen LogP contribution in [0.5, 0.6) is 0 Å². The maximum Gasteiger partial charge on any atom is 0.0367 e. The molecule has 1 heteroatoms. The van der Waals surface area contributed by atoms with E-state index in [0.717, 1.165) is 6.42 Å². The summed E-state index contributed by atoms with van der Waals surface area (Å²) in [4.78, 5) is 0. The van der Waals surface area contributed by atoms with Gasteiger partial charge in [-0.3, -0.25) is 0 Å². The maximum atomic E-state index is 6.29. The van der Waals surface area contributed by atoms with Gasteiger partial charge in [0.1, 0.15) is 0 Å². The van der Waals surface area contributed by atoms with Crippen LogP contribution in [0.15, 0.2) is 12.2 Å². The Hall–Kier alpha value is 0.0300. The van der Waals surface area contributed by atoms with Gasteiger partial charge in [0.2, 0.25) is 0 Å². The van der Waals surface area contributed by atoms with Crippen molar-refractivity contribution in [1.29, 1.82) is 0 Å². The smallest absolute Gasteiger partial charge is 0.0367 e. The molecule has 1 fully saturated rings. The van der Waals surface area contributed by atoms with Crippen molar-refractivity contribution in [2.24, 2.45) is 5.92 Å². The molecule has 0 nitrogen and oxygen atoms in total. The summed E-state index contributed by atoms with van der Waals surface area (Å²) in [5.41, 5.74) is 1.28. The summed E-state index contributed by atoms with van der Waals surface area (Å²) in [6.45, 7) is 6.06. The third kappa shape index (κ3) is 3.18. The number of alkyl halides is 1. The average molecular weight is 187 g/mol. The van der Waals surface area contributed by atoms with Crippen LogP contribution in [0.4, 0.5) is 0 Å². The van der Waals surface area contributed by atoms with Crippen LogP contribution in [0.2, 0.25) is 0 Å². The number of halogens is 1. The topological polar surface area (TPSA) is 0 Å². The third-order valence-corrected chi connectivity index (χ3v) is 3.25. The summed E-state index contributed by atoms with van der Waals surface area (Å²) in [6, 6.07) is 0. The molecule has 2 atom stereocenters. The molecule has 0 aliphatic heterocycles. The molecule has 0 amide bonds. The Kier molecular flexibility index (Phi) is 4.14. The number of allylic oxidation sites excluding steroid dienone is 1. The van der Waals surface area contributed by atoms with Gasteiger partial charge in [0, 0.05) is 5.38 Å². The first-order valence-electron chi connectivity index (χ1n) is 4.98. The predicted molar refractivity (Wildman–Crippen MR) is 55.6 cm³/mol. The molecular formula is C11H19Cl. The fourth-order valence-electron chi connectivity index (χ4n) is 2.02.